The first-order valence-corrected chi connectivity index (χ1v) is 7.27. The number of nitrogens with one attached hydrogen (secondary N) is 1. The lowest BCUT2D eigenvalue weighted by molar-refractivity contribution is -0.119. The number of nitrogens with two attached hydrogens (primary N) is 1. The highest BCUT2D eigenvalue weighted by Crippen LogP contribution is 2.15. The Morgan fingerprint density at radius 1 is 0.958 bits per heavy atom. The van der Waals surface area contributed by atoms with Crippen molar-refractivity contribution < 1.29 is 23.0 Å². The van der Waals surface area contributed by atoms with Crippen molar-refractivity contribution in [3.63, 3.8) is 0 Å². The number of hydrogen-bond acceptors (Lipinski definition) is 4. The summed E-state index contributed by atoms with van der Waals surface area (Å²) in [4.78, 5) is 10.6. The van der Waals surface area contributed by atoms with Gasteiger partial charge in [0.2, 0.25) is 0 Å². The van der Waals surface area contributed by atoms with Gasteiger partial charge in [-0.15, -0.1) is 0 Å². The molecule has 0 radical (unpaired) electrons. The van der Waals surface area contributed by atoms with Crippen LogP contribution in [-0.2, 0) is 17.9 Å². The number of hydrogen-bond donors (Lipinski definition) is 2. The van der Waals surface area contributed by atoms with Crippen molar-refractivity contribution in [1.29, 1.82) is 0 Å². The minimum absolute atomic E-state index is 0.139. The van der Waals surface area contributed by atoms with E-state index in [1.807, 2.05) is 12.1 Å². The van der Waals surface area contributed by atoms with Gasteiger partial charge in [-0.2, -0.15) is 8.78 Å². The summed E-state index contributed by atoms with van der Waals surface area (Å²) in [7, 11) is 0. The summed E-state index contributed by atoms with van der Waals surface area (Å²) in [6.07, 6.45) is 0. The van der Waals surface area contributed by atoms with Gasteiger partial charge in [0, 0.05) is 13.1 Å². The smallest absolute Gasteiger partial charge is 0.387 e. The van der Waals surface area contributed by atoms with E-state index in [0.717, 1.165) is 11.1 Å². The molecule has 0 spiro atoms. The van der Waals surface area contributed by atoms with Crippen molar-refractivity contribution in [2.24, 2.45) is 5.73 Å². The maximum Gasteiger partial charge on any atom is 0.387 e. The van der Waals surface area contributed by atoms with Gasteiger partial charge in [-0.1, -0.05) is 24.3 Å². The lowest BCUT2D eigenvalue weighted by Gasteiger charge is -2.08. The Kier molecular flexibility index (Phi) is 6.51. The summed E-state index contributed by atoms with van der Waals surface area (Å²) in [5.74, 6) is 0.193. The quantitative estimate of drug-likeness (QED) is 0.738. The number of halogens is 2. The van der Waals surface area contributed by atoms with Gasteiger partial charge >= 0.3 is 6.61 Å². The predicted octanol–water partition coefficient (Wildman–Crippen LogP) is 2.44. The van der Waals surface area contributed by atoms with E-state index in [9.17, 15) is 13.6 Å². The Labute approximate surface area is 138 Å². The molecular formula is C17H18F2N2O3. The first kappa shape index (κ1) is 17.7. The van der Waals surface area contributed by atoms with Crippen LogP contribution in [0.5, 0.6) is 11.5 Å². The van der Waals surface area contributed by atoms with Crippen LogP contribution in [0.4, 0.5) is 8.78 Å². The van der Waals surface area contributed by atoms with Crippen molar-refractivity contribution in [1.82, 2.24) is 5.32 Å². The van der Waals surface area contributed by atoms with E-state index in [1.54, 1.807) is 24.3 Å². The number of rotatable bonds is 9. The second kappa shape index (κ2) is 8.83. The maximum atomic E-state index is 12.1. The van der Waals surface area contributed by atoms with E-state index >= 15 is 0 Å². The molecule has 0 aliphatic heterocycles. The lowest BCUT2D eigenvalue weighted by atomic mass is 10.2. The number of carbonyl (C=O) groups is 1. The maximum absolute atomic E-state index is 12.1. The molecule has 0 atom stereocenters. The van der Waals surface area contributed by atoms with Crippen molar-refractivity contribution in [2.75, 3.05) is 6.61 Å². The third-order valence-electron chi connectivity index (χ3n) is 3.11. The van der Waals surface area contributed by atoms with Gasteiger partial charge in [-0.25, -0.2) is 0 Å². The van der Waals surface area contributed by atoms with E-state index in [-0.39, 0.29) is 12.4 Å². The summed E-state index contributed by atoms with van der Waals surface area (Å²) in [6, 6.07) is 13.7. The molecule has 24 heavy (non-hydrogen) atoms. The topological polar surface area (TPSA) is 73.6 Å². The number of alkyl halides is 2. The minimum Gasteiger partial charge on any atom is -0.484 e. The fourth-order valence-corrected chi connectivity index (χ4v) is 2.00. The second-order valence-electron chi connectivity index (χ2n) is 5.02. The molecule has 0 aromatic heterocycles. The van der Waals surface area contributed by atoms with Crippen molar-refractivity contribution in [3.8, 4) is 11.5 Å². The highest BCUT2D eigenvalue weighted by molar-refractivity contribution is 5.75. The Bertz CT molecular complexity index is 646. The summed E-state index contributed by atoms with van der Waals surface area (Å²) in [6.45, 7) is -1.74. The van der Waals surface area contributed by atoms with Gasteiger partial charge in [-0.3, -0.25) is 4.79 Å². The summed E-state index contributed by atoms with van der Waals surface area (Å²) >= 11 is 0. The van der Waals surface area contributed by atoms with Crippen molar-refractivity contribution >= 4 is 5.91 Å². The number of carbonyl (C=O) groups excluding carboxylic acids is 1. The predicted molar refractivity (Wildman–Crippen MR) is 84.7 cm³/mol. The van der Waals surface area contributed by atoms with Crippen LogP contribution in [0, 0.1) is 0 Å². The molecule has 0 fully saturated rings. The van der Waals surface area contributed by atoms with Gasteiger partial charge in [0.15, 0.2) is 6.61 Å². The number of primary amides is 1. The zero-order valence-electron chi connectivity index (χ0n) is 12.9. The normalized spacial score (nSPS) is 10.6. The van der Waals surface area contributed by atoms with E-state index in [0.29, 0.717) is 18.8 Å². The number of ether oxygens (including phenoxy) is 2. The van der Waals surface area contributed by atoms with E-state index in [2.05, 4.69) is 10.1 Å². The second-order valence-corrected chi connectivity index (χ2v) is 5.02. The highest BCUT2D eigenvalue weighted by Gasteiger charge is 2.03. The van der Waals surface area contributed by atoms with Gasteiger partial charge in [0.1, 0.15) is 11.5 Å². The highest BCUT2D eigenvalue weighted by atomic mass is 19.3. The first-order chi connectivity index (χ1) is 11.5. The van der Waals surface area contributed by atoms with Crippen LogP contribution in [0.3, 0.4) is 0 Å². The van der Waals surface area contributed by atoms with E-state index in [4.69, 9.17) is 10.5 Å². The van der Waals surface area contributed by atoms with E-state index < -0.39 is 12.5 Å². The van der Waals surface area contributed by atoms with Crippen LogP contribution in [-0.4, -0.2) is 19.1 Å². The third-order valence-corrected chi connectivity index (χ3v) is 3.11. The van der Waals surface area contributed by atoms with Crippen LogP contribution in [0.25, 0.3) is 0 Å². The Hall–Kier alpha value is -2.67. The van der Waals surface area contributed by atoms with Crippen molar-refractivity contribution in [2.45, 2.75) is 19.7 Å². The molecule has 2 aromatic rings. The lowest BCUT2D eigenvalue weighted by Crippen LogP contribution is -2.20. The fraction of sp³-hybridized carbons (Fsp3) is 0.235. The Morgan fingerprint density at radius 2 is 1.46 bits per heavy atom. The molecule has 0 aliphatic carbocycles. The SMILES string of the molecule is NC(=O)COc1ccc(CNCc2ccc(OC(F)F)cc2)cc1. The van der Waals surface area contributed by atoms with Crippen LogP contribution in [0.2, 0.25) is 0 Å². The summed E-state index contributed by atoms with van der Waals surface area (Å²) in [5, 5.41) is 3.24. The molecule has 0 saturated heterocycles. The largest absolute Gasteiger partial charge is 0.484 e. The molecular weight excluding hydrogens is 318 g/mol. The molecule has 0 bridgehead atoms. The number of benzene rings is 2. The van der Waals surface area contributed by atoms with Gasteiger partial charge in [0.05, 0.1) is 0 Å². The van der Waals surface area contributed by atoms with Gasteiger partial charge < -0.3 is 20.5 Å². The molecule has 0 aliphatic rings. The van der Waals surface area contributed by atoms with E-state index in [1.165, 1.54) is 12.1 Å². The molecule has 0 saturated carbocycles. The molecule has 128 valence electrons. The number of amides is 1. The van der Waals surface area contributed by atoms with Gasteiger partial charge in [-0.05, 0) is 35.4 Å². The molecule has 0 unspecified atom stereocenters. The fourth-order valence-electron chi connectivity index (χ4n) is 2.00. The molecule has 5 nitrogen and oxygen atoms in total. The zero-order valence-corrected chi connectivity index (χ0v) is 12.9. The monoisotopic (exact) mass is 336 g/mol. The van der Waals surface area contributed by atoms with Crippen LogP contribution in [0.15, 0.2) is 48.5 Å². The first-order valence-electron chi connectivity index (χ1n) is 7.27. The Balaban J connectivity index is 1.76. The van der Waals surface area contributed by atoms with Crippen LogP contribution >= 0.6 is 0 Å². The Morgan fingerprint density at radius 3 is 1.92 bits per heavy atom. The van der Waals surface area contributed by atoms with Crippen LogP contribution in [0.1, 0.15) is 11.1 Å². The summed E-state index contributed by atoms with van der Waals surface area (Å²) in [5.41, 5.74) is 7.00. The zero-order chi connectivity index (χ0) is 17.4. The molecule has 2 aromatic carbocycles. The molecule has 7 heteroatoms. The summed E-state index contributed by atoms with van der Waals surface area (Å²) < 4.78 is 33.6. The average Bonchev–Trinajstić information content (AvgIpc) is 2.55. The standard InChI is InChI=1S/C17H18F2N2O3/c18-17(19)24-15-7-3-13(4-8-15)10-21-9-12-1-5-14(6-2-12)23-11-16(20)22/h1-8,17,21H,9-11H2,(H2,20,22). The third kappa shape index (κ3) is 6.21. The molecule has 0 heterocycles. The van der Waals surface area contributed by atoms with Crippen molar-refractivity contribution in [3.05, 3.63) is 59.7 Å². The average molecular weight is 336 g/mol. The molecule has 3 N–H and O–H groups in total. The molecule has 2 rings (SSSR count). The molecule has 1 amide bonds. The van der Waals surface area contributed by atoms with Gasteiger partial charge in [0.25, 0.3) is 5.91 Å². The minimum atomic E-state index is -2.82. The van der Waals surface area contributed by atoms with Crippen LogP contribution < -0.4 is 20.5 Å².